The predicted octanol–water partition coefficient (Wildman–Crippen LogP) is 6.90. The Morgan fingerprint density at radius 1 is 1.21 bits per heavy atom. The van der Waals surface area contributed by atoms with Gasteiger partial charge in [0, 0.05) is 18.1 Å². The molecule has 1 aliphatic carbocycles. The molecule has 2 aromatic carbocycles. The van der Waals surface area contributed by atoms with Gasteiger partial charge in [-0.25, -0.2) is 8.78 Å². The molecule has 5 nitrogen and oxygen atoms in total. The van der Waals surface area contributed by atoms with E-state index in [0.717, 1.165) is 24.6 Å². The molecule has 0 radical (unpaired) electrons. The zero-order valence-electron chi connectivity index (χ0n) is 17.3. The van der Waals surface area contributed by atoms with E-state index >= 15 is 8.78 Å². The first-order valence-corrected chi connectivity index (χ1v) is 11.8. The summed E-state index contributed by atoms with van der Waals surface area (Å²) >= 11 is 13.8. The second kappa shape index (κ2) is 8.66. The van der Waals surface area contributed by atoms with E-state index in [4.69, 9.17) is 27.9 Å². The van der Waals surface area contributed by atoms with E-state index in [1.54, 1.807) is 35.3 Å². The maximum absolute atomic E-state index is 15.2. The number of carbonyl (C=O) groups excluding carboxylic acids is 1. The standard InChI is InChI=1S/C23H17Cl2F2N3O2S/c1-2-29-11-13(10-28-29)30-20-14(8-9-15(24)18(20)26)21(22(30)25)33-17-5-3-4-16(19(17)27)32-23(31)12-6-7-12/h3-5,8-12H,2,6-7H2,1H3. The molecule has 0 bridgehead atoms. The van der Waals surface area contributed by atoms with Crippen LogP contribution in [-0.4, -0.2) is 20.3 Å². The average Bonchev–Trinajstić information content (AvgIpc) is 3.49. The third-order valence-electron chi connectivity index (χ3n) is 5.38. The van der Waals surface area contributed by atoms with Crippen LogP contribution in [0.4, 0.5) is 8.78 Å². The van der Waals surface area contributed by atoms with Crippen LogP contribution in [-0.2, 0) is 11.3 Å². The lowest BCUT2D eigenvalue weighted by molar-refractivity contribution is -0.136. The smallest absolute Gasteiger partial charge is 0.314 e. The largest absolute Gasteiger partial charge is 0.423 e. The van der Waals surface area contributed by atoms with Crippen molar-refractivity contribution in [2.24, 2.45) is 5.92 Å². The molecule has 1 fully saturated rings. The molecule has 170 valence electrons. The Morgan fingerprint density at radius 2 is 2.00 bits per heavy atom. The molecule has 1 saturated carbocycles. The van der Waals surface area contributed by atoms with Crippen LogP contribution < -0.4 is 4.74 Å². The summed E-state index contributed by atoms with van der Waals surface area (Å²) in [6, 6.07) is 7.63. The molecule has 2 heterocycles. The van der Waals surface area contributed by atoms with Gasteiger partial charge in [0.1, 0.15) is 5.15 Å². The molecule has 4 aromatic rings. The third-order valence-corrected chi connectivity index (χ3v) is 7.30. The summed E-state index contributed by atoms with van der Waals surface area (Å²) in [5, 5.41) is 4.84. The van der Waals surface area contributed by atoms with Crippen LogP contribution in [0.15, 0.2) is 52.5 Å². The summed E-state index contributed by atoms with van der Waals surface area (Å²) in [6.07, 6.45) is 4.82. The topological polar surface area (TPSA) is 49.0 Å². The van der Waals surface area contributed by atoms with Crippen molar-refractivity contribution in [3.63, 3.8) is 0 Å². The van der Waals surface area contributed by atoms with Gasteiger partial charge in [-0.05, 0) is 44.0 Å². The molecule has 0 unspecified atom stereocenters. The molecule has 0 N–H and O–H groups in total. The van der Waals surface area contributed by atoms with Crippen LogP contribution in [0.25, 0.3) is 16.6 Å². The highest BCUT2D eigenvalue weighted by Crippen LogP contribution is 2.46. The van der Waals surface area contributed by atoms with Crippen molar-refractivity contribution in [2.45, 2.75) is 36.1 Å². The molecule has 0 aliphatic heterocycles. The third kappa shape index (κ3) is 4.00. The first-order valence-electron chi connectivity index (χ1n) is 10.3. The summed E-state index contributed by atoms with van der Waals surface area (Å²) in [5.74, 6) is -2.06. The van der Waals surface area contributed by atoms with E-state index in [9.17, 15) is 4.79 Å². The van der Waals surface area contributed by atoms with Crippen molar-refractivity contribution < 1.29 is 18.3 Å². The monoisotopic (exact) mass is 507 g/mol. The molecule has 5 rings (SSSR count). The van der Waals surface area contributed by atoms with E-state index in [2.05, 4.69) is 5.10 Å². The highest BCUT2D eigenvalue weighted by Gasteiger charge is 2.32. The van der Waals surface area contributed by atoms with Gasteiger partial charge >= 0.3 is 5.97 Å². The van der Waals surface area contributed by atoms with E-state index in [1.165, 1.54) is 16.7 Å². The zero-order chi connectivity index (χ0) is 23.3. The van der Waals surface area contributed by atoms with Crippen molar-refractivity contribution in [3.05, 3.63) is 64.5 Å². The van der Waals surface area contributed by atoms with Gasteiger partial charge in [-0.2, -0.15) is 5.10 Å². The lowest BCUT2D eigenvalue weighted by Crippen LogP contribution is -2.11. The van der Waals surface area contributed by atoms with E-state index in [-0.39, 0.29) is 32.3 Å². The Kier molecular flexibility index (Phi) is 5.84. The zero-order valence-corrected chi connectivity index (χ0v) is 19.6. The minimum Gasteiger partial charge on any atom is -0.423 e. The van der Waals surface area contributed by atoms with Gasteiger partial charge in [-0.15, -0.1) is 0 Å². The van der Waals surface area contributed by atoms with Crippen molar-refractivity contribution in [1.29, 1.82) is 0 Å². The second-order valence-corrected chi connectivity index (χ2v) is 9.45. The van der Waals surface area contributed by atoms with Crippen molar-refractivity contribution in [1.82, 2.24) is 14.3 Å². The number of carbonyl (C=O) groups is 1. The quantitative estimate of drug-likeness (QED) is 0.210. The van der Waals surface area contributed by atoms with Gasteiger partial charge in [0.2, 0.25) is 0 Å². The number of nitrogens with zero attached hydrogens (tertiary/aromatic N) is 3. The average molecular weight is 508 g/mol. The maximum atomic E-state index is 15.2. The van der Waals surface area contributed by atoms with Crippen molar-refractivity contribution in [2.75, 3.05) is 0 Å². The minimum absolute atomic E-state index is 0.0579. The number of hydrogen-bond donors (Lipinski definition) is 0. The van der Waals surface area contributed by atoms with Crippen LogP contribution >= 0.6 is 35.0 Å². The van der Waals surface area contributed by atoms with Crippen molar-refractivity contribution in [3.8, 4) is 11.4 Å². The fourth-order valence-corrected chi connectivity index (χ4v) is 5.06. The number of hydrogen-bond acceptors (Lipinski definition) is 4. The van der Waals surface area contributed by atoms with Crippen LogP contribution in [0.2, 0.25) is 10.2 Å². The number of esters is 1. The predicted molar refractivity (Wildman–Crippen MR) is 124 cm³/mol. The van der Waals surface area contributed by atoms with Crippen LogP contribution in [0, 0.1) is 17.6 Å². The number of halogens is 4. The van der Waals surface area contributed by atoms with Crippen LogP contribution in [0.3, 0.4) is 0 Å². The molecule has 0 spiro atoms. The molecule has 33 heavy (non-hydrogen) atoms. The summed E-state index contributed by atoms with van der Waals surface area (Å²) in [6.45, 7) is 2.55. The summed E-state index contributed by atoms with van der Waals surface area (Å²) in [7, 11) is 0. The van der Waals surface area contributed by atoms with Gasteiger partial charge in [0.05, 0.1) is 38.1 Å². The first kappa shape index (κ1) is 22.3. The number of benzene rings is 2. The fourth-order valence-electron chi connectivity index (χ4n) is 3.50. The molecule has 0 amide bonds. The Morgan fingerprint density at radius 3 is 2.70 bits per heavy atom. The highest BCUT2D eigenvalue weighted by atomic mass is 35.5. The van der Waals surface area contributed by atoms with E-state index < -0.39 is 17.6 Å². The minimum atomic E-state index is -0.679. The Bertz CT molecular complexity index is 1400. The van der Waals surface area contributed by atoms with Crippen LogP contribution in [0.5, 0.6) is 5.75 Å². The number of fused-ring (bicyclic) bond motifs is 1. The Labute approximate surface area is 202 Å². The van der Waals surface area contributed by atoms with E-state index in [1.807, 2.05) is 6.92 Å². The number of aryl methyl sites for hydroxylation is 1. The molecule has 0 saturated heterocycles. The Hall–Kier alpha value is -2.55. The van der Waals surface area contributed by atoms with Gasteiger partial charge in [-0.1, -0.05) is 41.0 Å². The molecule has 1 aliphatic rings. The number of aromatic nitrogens is 3. The fraction of sp³-hybridized carbons (Fsp3) is 0.217. The number of rotatable bonds is 6. The SMILES string of the molecule is CCn1cc(-n2c(Cl)c(Sc3cccc(OC(=O)C4CC4)c3F)c3ccc(Cl)c(F)c32)cn1. The Balaban J connectivity index is 1.61. The summed E-state index contributed by atoms with van der Waals surface area (Å²) in [4.78, 5) is 12.6. The maximum Gasteiger partial charge on any atom is 0.314 e. The van der Waals surface area contributed by atoms with Gasteiger partial charge < -0.3 is 4.74 Å². The second-order valence-electron chi connectivity index (χ2n) is 7.63. The molecule has 2 aromatic heterocycles. The molecule has 10 heteroatoms. The normalized spacial score (nSPS) is 13.6. The lowest BCUT2D eigenvalue weighted by atomic mass is 10.2. The van der Waals surface area contributed by atoms with E-state index in [0.29, 0.717) is 22.5 Å². The summed E-state index contributed by atoms with van der Waals surface area (Å²) in [5.41, 5.74) is 0.717. The van der Waals surface area contributed by atoms with Gasteiger partial charge in [-0.3, -0.25) is 14.0 Å². The molecular formula is C23H17Cl2F2N3O2S. The van der Waals surface area contributed by atoms with Crippen LogP contribution in [0.1, 0.15) is 19.8 Å². The number of ether oxygens (including phenoxy) is 1. The molecular weight excluding hydrogens is 491 g/mol. The first-order chi connectivity index (χ1) is 15.9. The van der Waals surface area contributed by atoms with Gasteiger partial charge in [0.25, 0.3) is 0 Å². The lowest BCUT2D eigenvalue weighted by Gasteiger charge is -2.09. The highest BCUT2D eigenvalue weighted by molar-refractivity contribution is 7.99. The van der Waals surface area contributed by atoms with Gasteiger partial charge in [0.15, 0.2) is 17.4 Å². The molecule has 0 atom stereocenters. The van der Waals surface area contributed by atoms with Crippen molar-refractivity contribution >= 4 is 51.8 Å². The summed E-state index contributed by atoms with van der Waals surface area (Å²) < 4.78 is 38.8.